The number of hydrogen-bond donors (Lipinski definition) is 0. The number of halogens is 1. The van der Waals surface area contributed by atoms with Gasteiger partial charge in [-0.1, -0.05) is 13.8 Å². The lowest BCUT2D eigenvalue weighted by Crippen LogP contribution is -2.37. The monoisotopic (exact) mass is 341 g/mol. The van der Waals surface area contributed by atoms with Crippen molar-refractivity contribution in [3.8, 4) is 0 Å². The van der Waals surface area contributed by atoms with Gasteiger partial charge in [0.1, 0.15) is 5.82 Å². The van der Waals surface area contributed by atoms with Gasteiger partial charge in [-0.05, 0) is 48.9 Å². The van der Waals surface area contributed by atoms with Gasteiger partial charge in [-0.25, -0.2) is 12.8 Å². The molecule has 0 bridgehead atoms. The van der Waals surface area contributed by atoms with Gasteiger partial charge in [-0.3, -0.25) is 4.79 Å². The zero-order valence-corrected chi connectivity index (χ0v) is 14.7. The molecule has 0 unspecified atom stereocenters. The average Bonchev–Trinajstić information content (AvgIpc) is 2.42. The number of aryl methyl sites for hydroxylation is 2. The van der Waals surface area contributed by atoms with Gasteiger partial charge in [0.15, 0.2) is 9.84 Å². The summed E-state index contributed by atoms with van der Waals surface area (Å²) < 4.78 is 37.5. The standard InChI is InChI=1S/C17H24FNO3S/c1-12(2)11-23(21,22)8-6-16(20)19-7-4-5-14-10-15(18)9-13(3)17(14)19/h9-10,12H,4-8,11H2,1-3H3. The number of sulfone groups is 1. The minimum Gasteiger partial charge on any atom is -0.312 e. The van der Waals surface area contributed by atoms with E-state index >= 15 is 0 Å². The molecule has 23 heavy (non-hydrogen) atoms. The van der Waals surface area contributed by atoms with Crippen molar-refractivity contribution in [2.75, 3.05) is 23.0 Å². The van der Waals surface area contributed by atoms with Gasteiger partial charge < -0.3 is 4.90 Å². The van der Waals surface area contributed by atoms with Gasteiger partial charge in [-0.2, -0.15) is 0 Å². The van der Waals surface area contributed by atoms with Crippen LogP contribution < -0.4 is 4.90 Å². The number of carbonyl (C=O) groups excluding carboxylic acids is 1. The normalized spacial score (nSPS) is 14.9. The number of amides is 1. The molecular formula is C17H24FNO3S. The molecule has 0 radical (unpaired) electrons. The van der Waals surface area contributed by atoms with Gasteiger partial charge in [-0.15, -0.1) is 0 Å². The lowest BCUT2D eigenvalue weighted by Gasteiger charge is -2.31. The van der Waals surface area contributed by atoms with Crippen LogP contribution in [0.25, 0.3) is 0 Å². The van der Waals surface area contributed by atoms with Crippen molar-refractivity contribution in [2.24, 2.45) is 5.92 Å². The molecule has 0 fully saturated rings. The first-order valence-corrected chi connectivity index (χ1v) is 9.81. The number of anilines is 1. The molecule has 0 N–H and O–H groups in total. The second-order valence-corrected chi connectivity index (χ2v) is 8.87. The Morgan fingerprint density at radius 2 is 2.04 bits per heavy atom. The summed E-state index contributed by atoms with van der Waals surface area (Å²) in [6.07, 6.45) is 1.48. The van der Waals surface area contributed by atoms with Gasteiger partial charge in [0.2, 0.25) is 5.91 Å². The summed E-state index contributed by atoms with van der Waals surface area (Å²) in [5, 5.41) is 0. The molecule has 1 aliphatic heterocycles. The maximum Gasteiger partial charge on any atom is 0.228 e. The summed E-state index contributed by atoms with van der Waals surface area (Å²) in [5.41, 5.74) is 2.30. The summed E-state index contributed by atoms with van der Waals surface area (Å²) in [6.45, 7) is 6.03. The van der Waals surface area contributed by atoms with Crippen LogP contribution in [0.5, 0.6) is 0 Å². The first-order valence-electron chi connectivity index (χ1n) is 7.99. The van der Waals surface area contributed by atoms with Crippen molar-refractivity contribution in [1.29, 1.82) is 0 Å². The molecule has 1 aromatic carbocycles. The third kappa shape index (κ3) is 4.53. The largest absolute Gasteiger partial charge is 0.312 e. The maximum absolute atomic E-state index is 13.5. The van der Waals surface area contributed by atoms with Crippen LogP contribution in [0.1, 0.15) is 37.8 Å². The predicted octanol–water partition coefficient (Wildman–Crippen LogP) is 2.87. The van der Waals surface area contributed by atoms with Crippen LogP contribution >= 0.6 is 0 Å². The average molecular weight is 341 g/mol. The third-order valence-corrected chi connectivity index (χ3v) is 5.96. The van der Waals surface area contributed by atoms with Crippen molar-refractivity contribution in [3.63, 3.8) is 0 Å². The minimum atomic E-state index is -3.22. The van der Waals surface area contributed by atoms with Gasteiger partial charge in [0.05, 0.1) is 11.5 Å². The number of nitrogens with zero attached hydrogens (tertiary/aromatic N) is 1. The number of fused-ring (bicyclic) bond motifs is 1. The molecule has 0 saturated heterocycles. The Labute approximate surface area is 137 Å². The lowest BCUT2D eigenvalue weighted by molar-refractivity contribution is -0.118. The molecule has 128 valence electrons. The van der Waals surface area contributed by atoms with Crippen LogP contribution in [-0.4, -0.2) is 32.4 Å². The Hall–Kier alpha value is -1.43. The van der Waals surface area contributed by atoms with Crippen molar-refractivity contribution in [2.45, 2.75) is 40.0 Å². The van der Waals surface area contributed by atoms with Crippen molar-refractivity contribution in [3.05, 3.63) is 29.1 Å². The zero-order valence-electron chi connectivity index (χ0n) is 13.9. The third-order valence-electron chi connectivity index (χ3n) is 3.96. The van der Waals surface area contributed by atoms with E-state index in [9.17, 15) is 17.6 Å². The fraction of sp³-hybridized carbons (Fsp3) is 0.588. The van der Waals surface area contributed by atoms with E-state index in [1.54, 1.807) is 11.8 Å². The Bertz CT molecular complexity index is 698. The highest BCUT2D eigenvalue weighted by atomic mass is 32.2. The maximum atomic E-state index is 13.5. The molecule has 2 rings (SSSR count). The van der Waals surface area contributed by atoms with E-state index in [1.807, 2.05) is 13.8 Å². The number of benzene rings is 1. The molecule has 0 spiro atoms. The van der Waals surface area contributed by atoms with E-state index < -0.39 is 9.84 Å². The van der Waals surface area contributed by atoms with Gasteiger partial charge in [0.25, 0.3) is 0 Å². The summed E-state index contributed by atoms with van der Waals surface area (Å²) in [4.78, 5) is 14.1. The van der Waals surface area contributed by atoms with E-state index in [0.717, 1.165) is 29.7 Å². The molecular weight excluding hydrogens is 317 g/mol. The van der Waals surface area contributed by atoms with Crippen LogP contribution in [0.3, 0.4) is 0 Å². The van der Waals surface area contributed by atoms with Crippen molar-refractivity contribution in [1.82, 2.24) is 0 Å². The first-order chi connectivity index (χ1) is 10.7. The Morgan fingerprint density at radius 1 is 1.35 bits per heavy atom. The minimum absolute atomic E-state index is 0.0225. The highest BCUT2D eigenvalue weighted by Gasteiger charge is 2.26. The molecule has 4 nitrogen and oxygen atoms in total. The zero-order chi connectivity index (χ0) is 17.2. The molecule has 1 heterocycles. The SMILES string of the molecule is Cc1cc(F)cc2c1N(C(=O)CCS(=O)(=O)CC(C)C)CCC2. The fourth-order valence-corrected chi connectivity index (χ4v) is 4.81. The summed E-state index contributed by atoms with van der Waals surface area (Å²) in [5.74, 6) is -0.476. The Kier molecular flexibility index (Phi) is 5.45. The topological polar surface area (TPSA) is 54.5 Å². The Morgan fingerprint density at radius 3 is 2.70 bits per heavy atom. The van der Waals surface area contributed by atoms with E-state index in [1.165, 1.54) is 12.1 Å². The van der Waals surface area contributed by atoms with E-state index in [-0.39, 0.29) is 35.6 Å². The number of hydrogen-bond acceptors (Lipinski definition) is 3. The van der Waals surface area contributed by atoms with E-state index in [2.05, 4.69) is 0 Å². The second-order valence-electron chi connectivity index (χ2n) is 6.64. The van der Waals surface area contributed by atoms with E-state index in [4.69, 9.17) is 0 Å². The number of rotatable bonds is 5. The summed E-state index contributed by atoms with van der Waals surface area (Å²) in [6, 6.07) is 2.89. The van der Waals surface area contributed by atoms with Crippen LogP contribution in [-0.2, 0) is 21.1 Å². The van der Waals surface area contributed by atoms with Gasteiger partial charge >= 0.3 is 0 Å². The molecule has 1 amide bonds. The van der Waals surface area contributed by atoms with Crippen LogP contribution in [0.2, 0.25) is 0 Å². The Balaban J connectivity index is 2.14. The fourth-order valence-electron chi connectivity index (χ4n) is 3.14. The molecule has 0 atom stereocenters. The predicted molar refractivity (Wildman–Crippen MR) is 89.9 cm³/mol. The highest BCUT2D eigenvalue weighted by molar-refractivity contribution is 7.91. The smallest absolute Gasteiger partial charge is 0.228 e. The van der Waals surface area contributed by atoms with Crippen LogP contribution in [0.15, 0.2) is 12.1 Å². The molecule has 6 heteroatoms. The van der Waals surface area contributed by atoms with E-state index in [0.29, 0.717) is 6.54 Å². The highest BCUT2D eigenvalue weighted by Crippen LogP contribution is 2.32. The molecule has 0 saturated carbocycles. The second kappa shape index (κ2) is 6.99. The quantitative estimate of drug-likeness (QED) is 0.827. The van der Waals surface area contributed by atoms with Gasteiger partial charge in [0, 0.05) is 18.7 Å². The molecule has 0 aliphatic carbocycles. The van der Waals surface area contributed by atoms with Crippen molar-refractivity contribution < 1.29 is 17.6 Å². The first kappa shape index (κ1) is 17.9. The molecule has 1 aliphatic rings. The molecule has 1 aromatic rings. The molecule has 0 aromatic heterocycles. The van der Waals surface area contributed by atoms with Crippen LogP contribution in [0, 0.1) is 18.7 Å². The van der Waals surface area contributed by atoms with Crippen molar-refractivity contribution >= 4 is 21.4 Å². The number of carbonyl (C=O) groups is 1. The summed E-state index contributed by atoms with van der Waals surface area (Å²) >= 11 is 0. The summed E-state index contributed by atoms with van der Waals surface area (Å²) in [7, 11) is -3.22. The van der Waals surface area contributed by atoms with Crippen LogP contribution in [0.4, 0.5) is 10.1 Å². The lowest BCUT2D eigenvalue weighted by atomic mass is 9.97.